The van der Waals surface area contributed by atoms with Crippen LogP contribution in [0.5, 0.6) is 0 Å². The Hall–Kier alpha value is -2.88. The molecule has 0 saturated carbocycles. The topological polar surface area (TPSA) is 66.4 Å². The van der Waals surface area contributed by atoms with Crippen LogP contribution >= 0.6 is 0 Å². The molecule has 4 nitrogen and oxygen atoms in total. The summed E-state index contributed by atoms with van der Waals surface area (Å²) in [4.78, 5) is 22.7. The molecule has 106 valence electrons. The third-order valence-corrected chi connectivity index (χ3v) is 2.96. The first-order valence-corrected chi connectivity index (χ1v) is 6.44. The molecule has 0 bridgehead atoms. The fourth-order valence-electron chi connectivity index (χ4n) is 1.85. The number of hydrogen-bond donors (Lipinski definition) is 2. The number of hydrogen-bond acceptors (Lipinski definition) is 2. The number of aryl methyl sites for hydroxylation is 1. The van der Waals surface area contributed by atoms with Gasteiger partial charge in [-0.2, -0.15) is 0 Å². The van der Waals surface area contributed by atoms with Crippen LogP contribution in [0.2, 0.25) is 0 Å². The summed E-state index contributed by atoms with van der Waals surface area (Å²) in [6.07, 6.45) is 3.16. The highest BCUT2D eigenvalue weighted by Gasteiger charge is 2.06. The molecule has 0 aliphatic carbocycles. The van der Waals surface area contributed by atoms with E-state index >= 15 is 0 Å². The average Bonchev–Trinajstić information content (AvgIpc) is 2.48. The quantitative estimate of drug-likeness (QED) is 0.845. The Morgan fingerprint density at radius 2 is 1.81 bits per heavy atom. The normalized spacial score (nSPS) is 10.5. The fourth-order valence-corrected chi connectivity index (χ4v) is 1.85. The molecule has 1 amide bonds. The van der Waals surface area contributed by atoms with Gasteiger partial charge in [-0.3, -0.25) is 4.79 Å². The minimum absolute atomic E-state index is 0.199. The smallest absolute Gasteiger partial charge is 0.335 e. The Labute approximate surface area is 122 Å². The molecule has 0 heterocycles. The van der Waals surface area contributed by atoms with E-state index in [4.69, 9.17) is 5.11 Å². The fraction of sp³-hybridized carbons (Fsp3) is 0.0588. The van der Waals surface area contributed by atoms with Crippen molar-refractivity contribution >= 4 is 23.6 Å². The lowest BCUT2D eigenvalue weighted by molar-refractivity contribution is -0.111. The first-order valence-electron chi connectivity index (χ1n) is 6.44. The molecular formula is C17H15NO3. The Balaban J connectivity index is 2.06. The van der Waals surface area contributed by atoms with E-state index in [9.17, 15) is 9.59 Å². The number of benzene rings is 2. The van der Waals surface area contributed by atoms with E-state index in [-0.39, 0.29) is 11.5 Å². The standard InChI is InChI=1S/C17H15NO3/c1-12-11-14(17(20)21)8-9-15(12)18-16(19)10-7-13-5-3-2-4-6-13/h2-11H,1H3,(H,18,19)(H,20,21). The molecule has 2 aromatic carbocycles. The second kappa shape index (κ2) is 6.52. The Morgan fingerprint density at radius 3 is 2.43 bits per heavy atom. The number of carboxylic acids is 1. The van der Waals surface area contributed by atoms with Gasteiger partial charge < -0.3 is 10.4 Å². The van der Waals surface area contributed by atoms with E-state index in [1.54, 1.807) is 19.1 Å². The van der Waals surface area contributed by atoms with Crippen molar-refractivity contribution in [2.75, 3.05) is 5.32 Å². The van der Waals surface area contributed by atoms with E-state index < -0.39 is 5.97 Å². The molecule has 0 saturated heterocycles. The summed E-state index contributed by atoms with van der Waals surface area (Å²) in [7, 11) is 0. The van der Waals surface area contributed by atoms with Gasteiger partial charge in [0, 0.05) is 11.8 Å². The lowest BCUT2D eigenvalue weighted by atomic mass is 10.1. The maximum Gasteiger partial charge on any atom is 0.335 e. The minimum atomic E-state index is -0.986. The SMILES string of the molecule is Cc1cc(C(=O)O)ccc1NC(=O)C=Cc1ccccc1. The van der Waals surface area contributed by atoms with Crippen molar-refractivity contribution in [1.29, 1.82) is 0 Å². The van der Waals surface area contributed by atoms with Crippen molar-refractivity contribution in [3.63, 3.8) is 0 Å². The summed E-state index contributed by atoms with van der Waals surface area (Å²) in [6.45, 7) is 1.75. The van der Waals surface area contributed by atoms with Crippen molar-refractivity contribution in [2.45, 2.75) is 6.92 Å². The summed E-state index contributed by atoms with van der Waals surface area (Å²) in [6, 6.07) is 14.1. The number of carbonyl (C=O) groups excluding carboxylic acids is 1. The molecule has 4 heteroatoms. The van der Waals surface area contributed by atoms with Gasteiger partial charge in [0.15, 0.2) is 0 Å². The lowest BCUT2D eigenvalue weighted by Crippen LogP contribution is -2.09. The third kappa shape index (κ3) is 4.04. The molecular weight excluding hydrogens is 266 g/mol. The molecule has 0 unspecified atom stereocenters. The zero-order valence-electron chi connectivity index (χ0n) is 11.5. The van der Waals surface area contributed by atoms with Crippen LogP contribution in [0.15, 0.2) is 54.6 Å². The summed E-state index contributed by atoms with van der Waals surface area (Å²) >= 11 is 0. The number of aromatic carboxylic acids is 1. The van der Waals surface area contributed by atoms with Gasteiger partial charge in [-0.15, -0.1) is 0 Å². The molecule has 0 spiro atoms. The van der Waals surface area contributed by atoms with Gasteiger partial charge in [-0.25, -0.2) is 4.79 Å². The van der Waals surface area contributed by atoms with E-state index in [0.29, 0.717) is 11.3 Å². The Kier molecular flexibility index (Phi) is 4.51. The van der Waals surface area contributed by atoms with E-state index in [2.05, 4.69) is 5.32 Å². The predicted octanol–water partition coefficient (Wildman–Crippen LogP) is 3.35. The number of anilines is 1. The number of carbonyl (C=O) groups is 2. The molecule has 2 rings (SSSR count). The number of amides is 1. The molecule has 0 atom stereocenters. The zero-order chi connectivity index (χ0) is 15.2. The van der Waals surface area contributed by atoms with Crippen LogP contribution in [0.3, 0.4) is 0 Å². The first-order chi connectivity index (χ1) is 10.1. The monoisotopic (exact) mass is 281 g/mol. The molecule has 0 radical (unpaired) electrons. The van der Waals surface area contributed by atoms with Crippen LogP contribution in [0.4, 0.5) is 5.69 Å². The van der Waals surface area contributed by atoms with Gasteiger partial charge in [0.05, 0.1) is 5.56 Å². The van der Waals surface area contributed by atoms with Crippen LogP contribution in [0.25, 0.3) is 6.08 Å². The number of carboxylic acid groups (broad SMARTS) is 1. The van der Waals surface area contributed by atoms with Crippen molar-refractivity contribution in [3.8, 4) is 0 Å². The van der Waals surface area contributed by atoms with E-state index in [0.717, 1.165) is 5.56 Å². The summed E-state index contributed by atoms with van der Waals surface area (Å²) in [5.41, 5.74) is 2.44. The van der Waals surface area contributed by atoms with Gasteiger partial charge in [0.25, 0.3) is 0 Å². The highest BCUT2D eigenvalue weighted by molar-refractivity contribution is 6.02. The molecule has 0 fully saturated rings. The molecule has 0 aliphatic rings. The largest absolute Gasteiger partial charge is 0.478 e. The van der Waals surface area contributed by atoms with Crippen LogP contribution in [-0.2, 0) is 4.79 Å². The number of rotatable bonds is 4. The second-order valence-electron chi connectivity index (χ2n) is 4.57. The predicted molar refractivity (Wildman–Crippen MR) is 82.2 cm³/mol. The second-order valence-corrected chi connectivity index (χ2v) is 4.57. The van der Waals surface area contributed by atoms with Crippen molar-refractivity contribution in [1.82, 2.24) is 0 Å². The van der Waals surface area contributed by atoms with E-state index in [1.165, 1.54) is 18.2 Å². The highest BCUT2D eigenvalue weighted by atomic mass is 16.4. The maximum absolute atomic E-state index is 11.8. The van der Waals surface area contributed by atoms with Crippen molar-refractivity contribution in [3.05, 3.63) is 71.3 Å². The Morgan fingerprint density at radius 1 is 1.10 bits per heavy atom. The molecule has 21 heavy (non-hydrogen) atoms. The van der Waals surface area contributed by atoms with E-state index in [1.807, 2.05) is 30.3 Å². The van der Waals surface area contributed by atoms with Crippen LogP contribution in [0, 0.1) is 6.92 Å². The number of nitrogens with one attached hydrogen (secondary N) is 1. The van der Waals surface area contributed by atoms with Gasteiger partial charge in [-0.1, -0.05) is 30.3 Å². The van der Waals surface area contributed by atoms with Gasteiger partial charge in [0.1, 0.15) is 0 Å². The summed E-state index contributed by atoms with van der Waals surface area (Å²) in [5.74, 6) is -1.25. The first kappa shape index (κ1) is 14.5. The van der Waals surface area contributed by atoms with Crippen molar-refractivity contribution < 1.29 is 14.7 Å². The third-order valence-electron chi connectivity index (χ3n) is 2.96. The summed E-state index contributed by atoms with van der Waals surface area (Å²) < 4.78 is 0. The summed E-state index contributed by atoms with van der Waals surface area (Å²) in [5, 5.41) is 11.6. The lowest BCUT2D eigenvalue weighted by Gasteiger charge is -2.07. The maximum atomic E-state index is 11.8. The molecule has 2 aromatic rings. The van der Waals surface area contributed by atoms with Crippen LogP contribution in [0.1, 0.15) is 21.5 Å². The van der Waals surface area contributed by atoms with Crippen LogP contribution < -0.4 is 5.32 Å². The minimum Gasteiger partial charge on any atom is -0.478 e. The highest BCUT2D eigenvalue weighted by Crippen LogP contribution is 2.16. The Bertz CT molecular complexity index is 690. The zero-order valence-corrected chi connectivity index (χ0v) is 11.5. The van der Waals surface area contributed by atoms with Gasteiger partial charge in [0.2, 0.25) is 5.91 Å². The van der Waals surface area contributed by atoms with Crippen LogP contribution in [-0.4, -0.2) is 17.0 Å². The van der Waals surface area contributed by atoms with Gasteiger partial charge >= 0.3 is 5.97 Å². The van der Waals surface area contributed by atoms with Crippen molar-refractivity contribution in [2.24, 2.45) is 0 Å². The molecule has 2 N–H and O–H groups in total. The van der Waals surface area contributed by atoms with Gasteiger partial charge in [-0.05, 0) is 42.3 Å². The molecule has 0 aliphatic heterocycles. The average molecular weight is 281 g/mol. The molecule has 0 aromatic heterocycles.